The molecule has 3 heteroatoms. The van der Waals surface area contributed by atoms with Gasteiger partial charge in [-0.1, -0.05) is 31.5 Å². The van der Waals surface area contributed by atoms with Crippen LogP contribution in [0.4, 0.5) is 5.69 Å². The zero-order valence-electron chi connectivity index (χ0n) is 13.6. The van der Waals surface area contributed by atoms with Crippen LogP contribution in [0.3, 0.4) is 0 Å². The van der Waals surface area contributed by atoms with E-state index in [-0.39, 0.29) is 0 Å². The van der Waals surface area contributed by atoms with Crippen LogP contribution in [0.2, 0.25) is 0 Å². The molecule has 3 aliphatic rings. The normalized spacial score (nSPS) is 28.8. The maximum atomic E-state index is 5.38. The molecule has 116 valence electrons. The lowest BCUT2D eigenvalue weighted by Crippen LogP contribution is -2.62. The molecule has 0 N–H and O–H groups in total. The van der Waals surface area contributed by atoms with Crippen molar-refractivity contribution in [3.05, 3.63) is 29.8 Å². The summed E-state index contributed by atoms with van der Waals surface area (Å²) in [6.07, 6.45) is 2.73. The standard InChI is InChI=1S/C16H22N2O.C2H6/c1-12-2-4-13(5-3-12)17-8-14-6-7-15(9-17)18(14)16-10-19-11-16;1-2/h2-5,14-16H,6-11H2,1H3;1-2H3. The van der Waals surface area contributed by atoms with Crippen LogP contribution in [0.25, 0.3) is 0 Å². The van der Waals surface area contributed by atoms with Gasteiger partial charge in [-0.15, -0.1) is 0 Å². The molecule has 21 heavy (non-hydrogen) atoms. The minimum absolute atomic E-state index is 0.706. The quantitative estimate of drug-likeness (QED) is 0.832. The number of benzene rings is 1. The fourth-order valence-electron chi connectivity index (χ4n) is 3.89. The Morgan fingerprint density at radius 3 is 1.95 bits per heavy atom. The second-order valence-corrected chi connectivity index (χ2v) is 6.26. The summed E-state index contributed by atoms with van der Waals surface area (Å²) < 4.78 is 5.38. The summed E-state index contributed by atoms with van der Waals surface area (Å²) in [5.41, 5.74) is 2.74. The molecule has 1 aromatic carbocycles. The van der Waals surface area contributed by atoms with Crippen molar-refractivity contribution in [2.24, 2.45) is 0 Å². The van der Waals surface area contributed by atoms with Gasteiger partial charge in [0, 0.05) is 30.9 Å². The lowest BCUT2D eigenvalue weighted by atomic mass is 10.1. The SMILES string of the molecule is CC.Cc1ccc(N2CC3CCC(C2)N3C2COC2)cc1. The third-order valence-corrected chi connectivity index (χ3v) is 4.98. The summed E-state index contributed by atoms with van der Waals surface area (Å²) in [5.74, 6) is 0. The van der Waals surface area contributed by atoms with E-state index in [2.05, 4.69) is 41.0 Å². The van der Waals surface area contributed by atoms with Crippen molar-refractivity contribution in [1.82, 2.24) is 4.90 Å². The van der Waals surface area contributed by atoms with E-state index in [9.17, 15) is 0 Å². The number of hydrogen-bond acceptors (Lipinski definition) is 3. The summed E-state index contributed by atoms with van der Waals surface area (Å²) in [6.45, 7) is 10.4. The first-order valence-electron chi connectivity index (χ1n) is 8.48. The van der Waals surface area contributed by atoms with Crippen molar-refractivity contribution in [1.29, 1.82) is 0 Å². The van der Waals surface area contributed by atoms with Crippen molar-refractivity contribution in [2.75, 3.05) is 31.2 Å². The molecule has 0 aliphatic carbocycles. The highest BCUT2D eigenvalue weighted by Gasteiger charge is 2.45. The second-order valence-electron chi connectivity index (χ2n) is 6.26. The number of hydrogen-bond donors (Lipinski definition) is 0. The highest BCUT2D eigenvalue weighted by molar-refractivity contribution is 5.48. The Labute approximate surface area is 128 Å². The van der Waals surface area contributed by atoms with E-state index in [4.69, 9.17) is 4.74 Å². The molecule has 4 rings (SSSR count). The number of anilines is 1. The molecule has 0 amide bonds. The van der Waals surface area contributed by atoms with Gasteiger partial charge >= 0.3 is 0 Å². The van der Waals surface area contributed by atoms with Crippen LogP contribution in [0.5, 0.6) is 0 Å². The van der Waals surface area contributed by atoms with Crippen molar-refractivity contribution < 1.29 is 4.74 Å². The molecule has 1 aromatic rings. The van der Waals surface area contributed by atoms with E-state index in [0.29, 0.717) is 6.04 Å². The Hall–Kier alpha value is -1.06. The molecule has 2 atom stereocenters. The molecule has 0 saturated carbocycles. The average Bonchev–Trinajstić information content (AvgIpc) is 2.72. The first-order chi connectivity index (χ1) is 10.3. The van der Waals surface area contributed by atoms with Gasteiger partial charge in [0.15, 0.2) is 0 Å². The Kier molecular flexibility index (Phi) is 4.51. The minimum atomic E-state index is 0.706. The van der Waals surface area contributed by atoms with Crippen molar-refractivity contribution in [3.63, 3.8) is 0 Å². The molecule has 3 aliphatic heterocycles. The first kappa shape index (κ1) is 14.9. The van der Waals surface area contributed by atoms with Crippen molar-refractivity contribution >= 4 is 5.69 Å². The maximum absolute atomic E-state index is 5.38. The molecule has 0 radical (unpaired) electrons. The number of fused-ring (bicyclic) bond motifs is 2. The monoisotopic (exact) mass is 288 g/mol. The number of nitrogens with zero attached hydrogens (tertiary/aromatic N) is 2. The fourth-order valence-corrected chi connectivity index (χ4v) is 3.89. The van der Waals surface area contributed by atoms with E-state index in [1.807, 2.05) is 13.8 Å². The van der Waals surface area contributed by atoms with E-state index in [0.717, 1.165) is 25.3 Å². The van der Waals surface area contributed by atoms with E-state index >= 15 is 0 Å². The topological polar surface area (TPSA) is 15.7 Å². The summed E-state index contributed by atoms with van der Waals surface area (Å²) in [5, 5.41) is 0. The van der Waals surface area contributed by atoms with Crippen LogP contribution in [-0.4, -0.2) is 49.3 Å². The molecule has 2 unspecified atom stereocenters. The van der Waals surface area contributed by atoms with Crippen LogP contribution in [-0.2, 0) is 4.74 Å². The van der Waals surface area contributed by atoms with E-state index in [1.54, 1.807) is 0 Å². The smallest absolute Gasteiger partial charge is 0.0645 e. The number of aryl methyl sites for hydroxylation is 1. The lowest BCUT2D eigenvalue weighted by molar-refractivity contribution is -0.0850. The van der Waals surface area contributed by atoms with Gasteiger partial charge in [0.1, 0.15) is 0 Å². The molecule has 0 spiro atoms. The van der Waals surface area contributed by atoms with Gasteiger partial charge in [-0.25, -0.2) is 0 Å². The van der Waals surface area contributed by atoms with Gasteiger partial charge in [-0.3, -0.25) is 4.90 Å². The third-order valence-electron chi connectivity index (χ3n) is 4.98. The zero-order valence-corrected chi connectivity index (χ0v) is 13.6. The second kappa shape index (κ2) is 6.37. The highest BCUT2D eigenvalue weighted by atomic mass is 16.5. The van der Waals surface area contributed by atoms with Crippen LogP contribution in [0, 0.1) is 6.92 Å². The van der Waals surface area contributed by atoms with Crippen LogP contribution < -0.4 is 4.90 Å². The third kappa shape index (κ3) is 2.82. The Bertz CT molecular complexity index is 441. The largest absolute Gasteiger partial charge is 0.378 e. The van der Waals surface area contributed by atoms with Gasteiger partial charge in [0.2, 0.25) is 0 Å². The zero-order chi connectivity index (χ0) is 14.8. The van der Waals surface area contributed by atoms with Crippen molar-refractivity contribution in [3.8, 4) is 0 Å². The van der Waals surface area contributed by atoms with Gasteiger partial charge in [-0.05, 0) is 31.9 Å². The summed E-state index contributed by atoms with van der Waals surface area (Å²) in [6, 6.07) is 11.2. The van der Waals surface area contributed by atoms with E-state index < -0.39 is 0 Å². The van der Waals surface area contributed by atoms with E-state index in [1.165, 1.54) is 37.2 Å². The summed E-state index contributed by atoms with van der Waals surface area (Å²) in [7, 11) is 0. The van der Waals surface area contributed by atoms with Crippen molar-refractivity contribution in [2.45, 2.75) is 51.7 Å². The molecule has 3 fully saturated rings. The maximum Gasteiger partial charge on any atom is 0.0645 e. The molecule has 3 saturated heterocycles. The Balaban J connectivity index is 0.000000636. The molecule has 2 bridgehead atoms. The molecular formula is C18H28N2O. The first-order valence-corrected chi connectivity index (χ1v) is 8.48. The molecule has 3 heterocycles. The van der Waals surface area contributed by atoms with Gasteiger partial charge in [-0.2, -0.15) is 0 Å². The number of piperazine rings is 1. The van der Waals surface area contributed by atoms with Crippen LogP contribution in [0.15, 0.2) is 24.3 Å². The number of ether oxygens (including phenoxy) is 1. The van der Waals surface area contributed by atoms with Crippen LogP contribution in [0.1, 0.15) is 32.3 Å². The predicted octanol–water partition coefficient (Wildman–Crippen LogP) is 3.07. The summed E-state index contributed by atoms with van der Waals surface area (Å²) in [4.78, 5) is 5.34. The lowest BCUT2D eigenvalue weighted by Gasteiger charge is -2.48. The Morgan fingerprint density at radius 2 is 1.48 bits per heavy atom. The highest BCUT2D eigenvalue weighted by Crippen LogP contribution is 2.35. The fraction of sp³-hybridized carbons (Fsp3) is 0.667. The molecular weight excluding hydrogens is 260 g/mol. The minimum Gasteiger partial charge on any atom is -0.378 e. The summed E-state index contributed by atoms with van der Waals surface area (Å²) >= 11 is 0. The van der Waals surface area contributed by atoms with Gasteiger partial charge < -0.3 is 9.64 Å². The molecule has 0 aromatic heterocycles. The molecule has 3 nitrogen and oxygen atoms in total. The van der Waals surface area contributed by atoms with Gasteiger partial charge in [0.05, 0.1) is 19.3 Å². The number of rotatable bonds is 2. The predicted molar refractivity (Wildman–Crippen MR) is 88.0 cm³/mol. The van der Waals surface area contributed by atoms with Gasteiger partial charge in [0.25, 0.3) is 0 Å². The average molecular weight is 288 g/mol. The Morgan fingerprint density at radius 1 is 0.905 bits per heavy atom. The van der Waals surface area contributed by atoms with Crippen LogP contribution >= 0.6 is 0 Å².